The van der Waals surface area contributed by atoms with Gasteiger partial charge in [0.25, 0.3) is 0 Å². The molecule has 2 heterocycles. The van der Waals surface area contributed by atoms with Gasteiger partial charge in [0.2, 0.25) is 0 Å². The van der Waals surface area contributed by atoms with E-state index in [4.69, 9.17) is 11.5 Å². The quantitative estimate of drug-likeness (QED) is 0.217. The fourth-order valence-corrected chi connectivity index (χ4v) is 3.18. The number of aromatic nitrogens is 2. The minimum absolute atomic E-state index is 0. The third-order valence-corrected chi connectivity index (χ3v) is 4.81. The van der Waals surface area contributed by atoms with Crippen LogP contribution in [0.15, 0.2) is 97.6 Å². The number of nitrogen functional groups attached to an aromatic ring is 2. The molecule has 0 aliphatic heterocycles. The van der Waals surface area contributed by atoms with Crippen molar-refractivity contribution in [3.8, 4) is 11.1 Å². The van der Waals surface area contributed by atoms with Crippen molar-refractivity contribution in [3.63, 3.8) is 0 Å². The molecule has 0 aliphatic carbocycles. The third-order valence-electron chi connectivity index (χ3n) is 4.81. The highest BCUT2D eigenvalue weighted by atomic mass is 79.9. The first-order valence-corrected chi connectivity index (χ1v) is 9.33. The highest BCUT2D eigenvalue weighted by Gasteiger charge is 2.07. The van der Waals surface area contributed by atoms with Crippen LogP contribution in [-0.4, -0.2) is 0 Å². The van der Waals surface area contributed by atoms with Crippen LogP contribution in [0, 0.1) is 0 Å². The lowest BCUT2D eigenvalue weighted by Crippen LogP contribution is -3.00. The number of benzene rings is 2. The maximum atomic E-state index is 5.75. The van der Waals surface area contributed by atoms with Crippen LogP contribution in [0.4, 0.5) is 11.4 Å². The number of pyridine rings is 2. The molecule has 4 nitrogen and oxygen atoms in total. The summed E-state index contributed by atoms with van der Waals surface area (Å²) in [6.45, 7) is 1.66. The summed E-state index contributed by atoms with van der Waals surface area (Å²) < 4.78 is 4.33. The van der Waals surface area contributed by atoms with Gasteiger partial charge < -0.3 is 45.4 Å². The Balaban J connectivity index is 0.00000160. The topological polar surface area (TPSA) is 59.8 Å². The SMILES string of the molecule is Nc1ccc(C[n+]2ccc(-c3cc[n+](Cc4ccc(N)cc4)cc3)cc2)cc1.[Br-].[Br-]. The normalized spacial score (nSPS) is 10.0. The minimum Gasteiger partial charge on any atom is -1.00 e. The van der Waals surface area contributed by atoms with E-state index in [-0.39, 0.29) is 34.0 Å². The fraction of sp³-hybridized carbons (Fsp3) is 0.0833. The molecule has 154 valence electrons. The van der Waals surface area contributed by atoms with Gasteiger partial charge in [0.05, 0.1) is 0 Å². The molecule has 4 rings (SSSR count). The van der Waals surface area contributed by atoms with Crippen LogP contribution in [0.1, 0.15) is 11.1 Å². The van der Waals surface area contributed by atoms with Crippen molar-refractivity contribution in [2.75, 3.05) is 11.5 Å². The maximum absolute atomic E-state index is 5.75. The van der Waals surface area contributed by atoms with Gasteiger partial charge in [0.1, 0.15) is 0 Å². The van der Waals surface area contributed by atoms with Crippen LogP contribution in [0.3, 0.4) is 0 Å². The van der Waals surface area contributed by atoms with Gasteiger partial charge >= 0.3 is 0 Å². The molecule has 0 amide bonds. The number of rotatable bonds is 5. The maximum Gasteiger partial charge on any atom is 0.173 e. The van der Waals surface area contributed by atoms with Crippen LogP contribution < -0.4 is 54.6 Å². The molecule has 6 heteroatoms. The van der Waals surface area contributed by atoms with Crippen molar-refractivity contribution in [2.24, 2.45) is 0 Å². The van der Waals surface area contributed by atoms with Gasteiger partial charge in [-0.1, -0.05) is 24.3 Å². The van der Waals surface area contributed by atoms with E-state index in [1.807, 2.05) is 24.3 Å². The second kappa shape index (κ2) is 10.9. The summed E-state index contributed by atoms with van der Waals surface area (Å²) in [5.41, 5.74) is 18.0. The standard InChI is InChI=1S/C24H24N4.2BrH/c25-23-5-1-19(2-6-23)17-27-13-9-21(10-14-27)22-11-15-28(16-12-22)18-20-3-7-24(26)8-4-20;;/h1-16H,17-18,25-26H2;2*1H/q+2;;/p-2. The summed E-state index contributed by atoms with van der Waals surface area (Å²) in [6.07, 6.45) is 8.45. The average molecular weight is 528 g/mol. The zero-order valence-electron chi connectivity index (χ0n) is 16.5. The van der Waals surface area contributed by atoms with Crippen LogP contribution in [-0.2, 0) is 13.1 Å². The van der Waals surface area contributed by atoms with Gasteiger partial charge in [-0.15, -0.1) is 0 Å². The minimum atomic E-state index is 0. The predicted molar refractivity (Wildman–Crippen MR) is 112 cm³/mol. The van der Waals surface area contributed by atoms with Crippen molar-refractivity contribution in [3.05, 3.63) is 109 Å². The second-order valence-corrected chi connectivity index (χ2v) is 7.00. The van der Waals surface area contributed by atoms with Gasteiger partial charge in [0, 0.05) is 46.8 Å². The number of nitrogens with two attached hydrogens (primary N) is 2. The summed E-state index contributed by atoms with van der Waals surface area (Å²) in [4.78, 5) is 0. The van der Waals surface area contributed by atoms with E-state index in [1.54, 1.807) is 0 Å². The Kier molecular flexibility index (Phi) is 8.57. The molecule has 4 N–H and O–H groups in total. The van der Waals surface area contributed by atoms with E-state index in [0.29, 0.717) is 0 Å². The van der Waals surface area contributed by atoms with E-state index < -0.39 is 0 Å². The molecule has 0 saturated carbocycles. The first-order chi connectivity index (χ1) is 13.7. The molecular weight excluding hydrogens is 504 g/mol. The molecule has 0 atom stereocenters. The molecular formula is C24H24Br2N4. The summed E-state index contributed by atoms with van der Waals surface area (Å²) in [6, 6.07) is 24.6. The van der Waals surface area contributed by atoms with Gasteiger partial charge in [-0.25, -0.2) is 9.13 Å². The van der Waals surface area contributed by atoms with Gasteiger partial charge in [-0.05, 0) is 35.4 Å². The first kappa shape index (κ1) is 23.6. The number of halogens is 2. The lowest BCUT2D eigenvalue weighted by atomic mass is 10.1. The van der Waals surface area contributed by atoms with Crippen LogP contribution in [0.25, 0.3) is 11.1 Å². The highest BCUT2D eigenvalue weighted by molar-refractivity contribution is 5.61. The molecule has 0 saturated heterocycles. The van der Waals surface area contributed by atoms with E-state index in [9.17, 15) is 0 Å². The summed E-state index contributed by atoms with van der Waals surface area (Å²) in [5, 5.41) is 0. The van der Waals surface area contributed by atoms with E-state index in [0.717, 1.165) is 24.5 Å². The predicted octanol–water partition coefficient (Wildman–Crippen LogP) is -2.80. The molecule has 0 aliphatic rings. The highest BCUT2D eigenvalue weighted by Crippen LogP contribution is 2.16. The van der Waals surface area contributed by atoms with E-state index in [2.05, 4.69) is 82.5 Å². The number of hydrogen-bond acceptors (Lipinski definition) is 2. The molecule has 0 unspecified atom stereocenters. The van der Waals surface area contributed by atoms with Crippen LogP contribution in [0.5, 0.6) is 0 Å². The molecule has 2 aromatic heterocycles. The molecule has 0 radical (unpaired) electrons. The average Bonchev–Trinajstić information content (AvgIpc) is 2.73. The van der Waals surface area contributed by atoms with Gasteiger partial charge in [-0.2, -0.15) is 0 Å². The zero-order chi connectivity index (χ0) is 19.3. The number of nitrogens with zero attached hydrogens (tertiary/aromatic N) is 2. The van der Waals surface area contributed by atoms with E-state index in [1.165, 1.54) is 22.3 Å². The Hall–Kier alpha value is -2.70. The molecule has 0 spiro atoms. The summed E-state index contributed by atoms with van der Waals surface area (Å²) in [7, 11) is 0. The Morgan fingerprint density at radius 1 is 0.467 bits per heavy atom. The van der Waals surface area contributed by atoms with E-state index >= 15 is 0 Å². The summed E-state index contributed by atoms with van der Waals surface area (Å²) in [5.74, 6) is 0. The van der Waals surface area contributed by atoms with Crippen molar-refractivity contribution in [1.82, 2.24) is 0 Å². The van der Waals surface area contributed by atoms with Crippen LogP contribution in [0.2, 0.25) is 0 Å². The lowest BCUT2D eigenvalue weighted by Gasteiger charge is -2.03. The molecule has 0 bridgehead atoms. The fourth-order valence-electron chi connectivity index (χ4n) is 3.18. The number of anilines is 2. The van der Waals surface area contributed by atoms with Crippen LogP contribution >= 0.6 is 0 Å². The Bertz CT molecular complexity index is 957. The molecule has 2 aromatic carbocycles. The van der Waals surface area contributed by atoms with Gasteiger partial charge in [0.15, 0.2) is 37.9 Å². The number of hydrogen-bond donors (Lipinski definition) is 2. The van der Waals surface area contributed by atoms with Crippen molar-refractivity contribution in [1.29, 1.82) is 0 Å². The summed E-state index contributed by atoms with van der Waals surface area (Å²) >= 11 is 0. The van der Waals surface area contributed by atoms with Crippen molar-refractivity contribution >= 4 is 11.4 Å². The molecule has 4 aromatic rings. The largest absolute Gasteiger partial charge is 1.00 e. The van der Waals surface area contributed by atoms with Gasteiger partial charge in [-0.3, -0.25) is 0 Å². The second-order valence-electron chi connectivity index (χ2n) is 7.00. The first-order valence-electron chi connectivity index (χ1n) is 9.33. The monoisotopic (exact) mass is 526 g/mol. The smallest absolute Gasteiger partial charge is 0.173 e. The Morgan fingerprint density at radius 3 is 1.07 bits per heavy atom. The van der Waals surface area contributed by atoms with Crippen molar-refractivity contribution < 1.29 is 43.1 Å². The Labute approximate surface area is 198 Å². The lowest BCUT2D eigenvalue weighted by molar-refractivity contribution is -0.688. The molecule has 0 fully saturated rings. The zero-order valence-corrected chi connectivity index (χ0v) is 19.6. The third kappa shape index (κ3) is 6.15. The Morgan fingerprint density at radius 2 is 0.767 bits per heavy atom. The molecule has 30 heavy (non-hydrogen) atoms. The van der Waals surface area contributed by atoms with Crippen molar-refractivity contribution in [2.45, 2.75) is 13.1 Å².